The lowest BCUT2D eigenvalue weighted by atomic mass is 10.2. The number of hydrogen-bond donors (Lipinski definition) is 0. The van der Waals surface area contributed by atoms with E-state index in [1.807, 2.05) is 0 Å². The van der Waals surface area contributed by atoms with Gasteiger partial charge in [0.05, 0.1) is 18.4 Å². The predicted molar refractivity (Wildman–Crippen MR) is 82.3 cm³/mol. The Bertz CT molecular complexity index is 800. The average molecular weight is 379 g/mol. The summed E-state index contributed by atoms with van der Waals surface area (Å²) >= 11 is 0.933. The molecule has 0 saturated heterocycles. The minimum absolute atomic E-state index is 0.0358. The molecule has 0 aliphatic carbocycles. The maximum absolute atomic E-state index is 12.6. The standard InChI is InChI=1S/C14H12F3NO4S2/c1-22-12(19)9-18(24(20,21)13-3-2-8-23-13)11-6-4-10(5-7-11)14(15,16)17/h2-8H,9H2,1H3. The van der Waals surface area contributed by atoms with E-state index in [-0.39, 0.29) is 9.90 Å². The number of alkyl halides is 3. The van der Waals surface area contributed by atoms with Crippen molar-refractivity contribution >= 4 is 33.0 Å². The van der Waals surface area contributed by atoms with Gasteiger partial charge in [-0.25, -0.2) is 8.42 Å². The lowest BCUT2D eigenvalue weighted by Gasteiger charge is -2.23. The van der Waals surface area contributed by atoms with Gasteiger partial charge >= 0.3 is 12.1 Å². The highest BCUT2D eigenvalue weighted by atomic mass is 32.2. The molecular weight excluding hydrogens is 367 g/mol. The van der Waals surface area contributed by atoms with E-state index in [1.165, 1.54) is 17.5 Å². The van der Waals surface area contributed by atoms with Crippen molar-refractivity contribution in [1.82, 2.24) is 0 Å². The molecule has 0 atom stereocenters. The summed E-state index contributed by atoms with van der Waals surface area (Å²) in [6.45, 7) is -0.651. The van der Waals surface area contributed by atoms with Gasteiger partial charge in [0, 0.05) is 0 Å². The maximum atomic E-state index is 12.6. The molecule has 0 radical (unpaired) electrons. The molecule has 1 heterocycles. The molecule has 0 aliphatic heterocycles. The highest BCUT2D eigenvalue weighted by molar-refractivity contribution is 7.94. The second-order valence-corrected chi connectivity index (χ2v) is 7.60. The number of hydrogen-bond acceptors (Lipinski definition) is 5. The van der Waals surface area contributed by atoms with E-state index in [4.69, 9.17) is 0 Å². The summed E-state index contributed by atoms with van der Waals surface area (Å²) in [7, 11) is -3.01. The number of esters is 1. The number of nitrogens with zero attached hydrogens (tertiary/aromatic N) is 1. The van der Waals surface area contributed by atoms with Crippen LogP contribution in [0.4, 0.5) is 18.9 Å². The number of halogens is 3. The number of methoxy groups -OCH3 is 1. The zero-order chi connectivity index (χ0) is 18.0. The summed E-state index contributed by atoms with van der Waals surface area (Å²) in [5.74, 6) is -0.838. The molecule has 130 valence electrons. The van der Waals surface area contributed by atoms with Crippen LogP contribution in [-0.4, -0.2) is 28.0 Å². The highest BCUT2D eigenvalue weighted by Crippen LogP contribution is 2.32. The summed E-state index contributed by atoms with van der Waals surface area (Å²) in [6.07, 6.45) is -4.54. The number of rotatable bonds is 5. The van der Waals surface area contributed by atoms with Crippen molar-refractivity contribution in [1.29, 1.82) is 0 Å². The second kappa shape index (κ2) is 6.81. The summed E-state index contributed by atoms with van der Waals surface area (Å²) in [5, 5.41) is 1.54. The third kappa shape index (κ3) is 3.88. The molecule has 0 saturated carbocycles. The Morgan fingerprint density at radius 1 is 1.21 bits per heavy atom. The van der Waals surface area contributed by atoms with Crippen molar-refractivity contribution in [3.05, 3.63) is 47.3 Å². The van der Waals surface area contributed by atoms with Crippen molar-refractivity contribution in [2.75, 3.05) is 18.0 Å². The van der Waals surface area contributed by atoms with Crippen LogP contribution in [0.5, 0.6) is 0 Å². The van der Waals surface area contributed by atoms with Crippen LogP contribution < -0.4 is 4.31 Å². The average Bonchev–Trinajstić information content (AvgIpc) is 3.06. The first-order valence-electron chi connectivity index (χ1n) is 6.46. The molecular formula is C14H12F3NO4S2. The van der Waals surface area contributed by atoms with E-state index >= 15 is 0 Å². The van der Waals surface area contributed by atoms with Gasteiger partial charge in [0.15, 0.2) is 0 Å². The molecule has 1 aromatic heterocycles. The third-order valence-electron chi connectivity index (χ3n) is 3.02. The lowest BCUT2D eigenvalue weighted by molar-refractivity contribution is -0.139. The fourth-order valence-electron chi connectivity index (χ4n) is 1.83. The van der Waals surface area contributed by atoms with Gasteiger partial charge in [-0.15, -0.1) is 11.3 Å². The van der Waals surface area contributed by atoms with Gasteiger partial charge in [-0.3, -0.25) is 9.10 Å². The topological polar surface area (TPSA) is 63.7 Å². The van der Waals surface area contributed by atoms with Crippen LogP contribution in [0, 0.1) is 0 Å². The van der Waals surface area contributed by atoms with Crippen molar-refractivity contribution in [2.24, 2.45) is 0 Å². The summed E-state index contributed by atoms with van der Waals surface area (Å²) in [5.41, 5.74) is -0.986. The van der Waals surface area contributed by atoms with Crippen molar-refractivity contribution < 1.29 is 31.1 Å². The Hall–Kier alpha value is -2.07. The van der Waals surface area contributed by atoms with Crippen LogP contribution in [0.2, 0.25) is 0 Å². The first-order valence-corrected chi connectivity index (χ1v) is 8.78. The van der Waals surface area contributed by atoms with E-state index in [0.717, 1.165) is 42.7 Å². The van der Waals surface area contributed by atoms with Gasteiger partial charge in [-0.1, -0.05) is 6.07 Å². The SMILES string of the molecule is COC(=O)CN(c1ccc(C(F)(F)F)cc1)S(=O)(=O)c1cccs1. The van der Waals surface area contributed by atoms with Gasteiger partial charge in [-0.2, -0.15) is 13.2 Å². The Labute approximate surface area is 140 Å². The number of benzene rings is 1. The van der Waals surface area contributed by atoms with E-state index in [2.05, 4.69) is 4.74 Å². The van der Waals surface area contributed by atoms with Crippen LogP contribution in [0.3, 0.4) is 0 Å². The molecule has 0 aliphatic rings. The van der Waals surface area contributed by atoms with Crippen molar-refractivity contribution in [2.45, 2.75) is 10.4 Å². The quantitative estimate of drug-likeness (QED) is 0.749. The summed E-state index contributed by atoms with van der Waals surface area (Å²) in [4.78, 5) is 11.5. The van der Waals surface area contributed by atoms with Crippen molar-refractivity contribution in [3.63, 3.8) is 0 Å². The molecule has 0 spiro atoms. The molecule has 24 heavy (non-hydrogen) atoms. The Kier molecular flexibility index (Phi) is 5.19. The molecule has 0 fully saturated rings. The number of anilines is 1. The zero-order valence-corrected chi connectivity index (χ0v) is 13.9. The lowest BCUT2D eigenvalue weighted by Crippen LogP contribution is -2.36. The fraction of sp³-hybridized carbons (Fsp3) is 0.214. The minimum Gasteiger partial charge on any atom is -0.468 e. The van der Waals surface area contributed by atoms with E-state index in [1.54, 1.807) is 0 Å². The summed E-state index contributed by atoms with van der Waals surface area (Å²) in [6, 6.07) is 6.36. The van der Waals surface area contributed by atoms with Gasteiger partial charge in [0.25, 0.3) is 10.0 Å². The van der Waals surface area contributed by atoms with Gasteiger partial charge in [-0.05, 0) is 35.7 Å². The van der Waals surface area contributed by atoms with Crippen molar-refractivity contribution in [3.8, 4) is 0 Å². The minimum atomic E-state index is -4.54. The molecule has 2 aromatic rings. The summed E-state index contributed by atoms with van der Waals surface area (Å²) < 4.78 is 68.3. The van der Waals surface area contributed by atoms with Crippen LogP contribution in [-0.2, 0) is 25.7 Å². The highest BCUT2D eigenvalue weighted by Gasteiger charge is 2.32. The molecule has 1 aromatic carbocycles. The largest absolute Gasteiger partial charge is 0.468 e. The number of ether oxygens (including phenoxy) is 1. The van der Waals surface area contributed by atoms with Crippen LogP contribution in [0.15, 0.2) is 46.0 Å². The predicted octanol–water partition coefficient (Wildman–Crippen LogP) is 3.14. The van der Waals surface area contributed by atoms with Gasteiger partial charge in [0.1, 0.15) is 10.8 Å². The smallest absolute Gasteiger partial charge is 0.416 e. The molecule has 10 heteroatoms. The Morgan fingerprint density at radius 3 is 2.29 bits per heavy atom. The first-order chi connectivity index (χ1) is 11.2. The molecule has 5 nitrogen and oxygen atoms in total. The second-order valence-electron chi connectivity index (χ2n) is 4.56. The molecule has 0 unspecified atom stereocenters. The van der Waals surface area contributed by atoms with E-state index in [0.29, 0.717) is 4.31 Å². The maximum Gasteiger partial charge on any atom is 0.416 e. The Balaban J connectivity index is 2.45. The van der Waals surface area contributed by atoms with E-state index in [9.17, 15) is 26.4 Å². The number of thiophene rings is 1. The Morgan fingerprint density at radius 2 is 1.83 bits per heavy atom. The molecule has 0 N–H and O–H groups in total. The zero-order valence-electron chi connectivity index (χ0n) is 12.3. The normalized spacial score (nSPS) is 12.0. The van der Waals surface area contributed by atoms with E-state index < -0.39 is 34.3 Å². The van der Waals surface area contributed by atoms with Gasteiger partial charge in [0.2, 0.25) is 0 Å². The molecule has 0 amide bonds. The first kappa shape index (κ1) is 18.3. The molecule has 0 bridgehead atoms. The monoisotopic (exact) mass is 379 g/mol. The van der Waals surface area contributed by atoms with Gasteiger partial charge < -0.3 is 4.74 Å². The number of sulfonamides is 1. The van der Waals surface area contributed by atoms with Crippen LogP contribution >= 0.6 is 11.3 Å². The van der Waals surface area contributed by atoms with Crippen LogP contribution in [0.1, 0.15) is 5.56 Å². The third-order valence-corrected chi connectivity index (χ3v) is 6.17. The fourth-order valence-corrected chi connectivity index (χ4v) is 4.35. The van der Waals surface area contributed by atoms with Crippen LogP contribution in [0.25, 0.3) is 0 Å². The number of carbonyl (C=O) groups excluding carboxylic acids is 1. The number of carbonyl (C=O) groups is 1. The molecule has 2 rings (SSSR count).